The van der Waals surface area contributed by atoms with Crippen LogP contribution in [0.2, 0.25) is 10.0 Å². The van der Waals surface area contributed by atoms with Crippen LogP contribution in [-0.4, -0.2) is 47.0 Å². The summed E-state index contributed by atoms with van der Waals surface area (Å²) in [7, 11) is -6.94. The molecule has 2 rings (SSSR count). The molecule has 0 bridgehead atoms. The first-order valence-corrected chi connectivity index (χ1v) is 11.1. The number of halogens is 2. The molecule has 1 saturated heterocycles. The van der Waals surface area contributed by atoms with E-state index in [0.717, 1.165) is 0 Å². The highest BCUT2D eigenvalue weighted by molar-refractivity contribution is 7.89. The van der Waals surface area contributed by atoms with E-state index in [-0.39, 0.29) is 27.4 Å². The SMILES string of the molecule is CS(=O)(=O)N1CCC(CNS(=O)(=O)c2cc(Cl)ccc2Cl)CC1. The summed E-state index contributed by atoms with van der Waals surface area (Å²) in [6.07, 6.45) is 2.40. The Bertz CT molecular complexity index is 773. The highest BCUT2D eigenvalue weighted by atomic mass is 35.5. The van der Waals surface area contributed by atoms with Crippen molar-refractivity contribution in [2.24, 2.45) is 5.92 Å². The molecule has 0 spiro atoms. The largest absolute Gasteiger partial charge is 0.242 e. The molecule has 0 unspecified atom stereocenters. The van der Waals surface area contributed by atoms with E-state index in [1.54, 1.807) is 0 Å². The molecule has 1 aliphatic rings. The molecule has 23 heavy (non-hydrogen) atoms. The summed E-state index contributed by atoms with van der Waals surface area (Å²) in [5.74, 6) is 0.0840. The van der Waals surface area contributed by atoms with Crippen LogP contribution in [0.15, 0.2) is 23.1 Å². The van der Waals surface area contributed by atoms with Crippen molar-refractivity contribution in [2.75, 3.05) is 25.9 Å². The van der Waals surface area contributed by atoms with Crippen molar-refractivity contribution < 1.29 is 16.8 Å². The molecule has 1 aliphatic heterocycles. The lowest BCUT2D eigenvalue weighted by Gasteiger charge is -2.30. The second kappa shape index (κ2) is 7.25. The predicted molar refractivity (Wildman–Crippen MR) is 90.8 cm³/mol. The van der Waals surface area contributed by atoms with Gasteiger partial charge in [-0.05, 0) is 37.0 Å². The Hall–Kier alpha value is -0.380. The average molecular weight is 401 g/mol. The van der Waals surface area contributed by atoms with E-state index in [9.17, 15) is 16.8 Å². The zero-order chi connectivity index (χ0) is 17.3. The van der Waals surface area contributed by atoms with E-state index in [2.05, 4.69) is 4.72 Å². The molecule has 1 aromatic carbocycles. The fourth-order valence-electron chi connectivity index (χ4n) is 2.43. The standard InChI is InChI=1S/C13H18Cl2N2O4S2/c1-22(18,19)17-6-4-10(5-7-17)9-16-23(20,21)13-8-11(14)2-3-12(13)15/h2-3,8,10,16H,4-7,9H2,1H3. The topological polar surface area (TPSA) is 83.6 Å². The molecule has 0 saturated carbocycles. The summed E-state index contributed by atoms with van der Waals surface area (Å²) < 4.78 is 51.5. The van der Waals surface area contributed by atoms with Gasteiger partial charge in [-0.15, -0.1) is 0 Å². The normalized spacial score (nSPS) is 18.2. The molecule has 130 valence electrons. The molecule has 1 heterocycles. The number of hydrogen-bond acceptors (Lipinski definition) is 4. The third-order valence-electron chi connectivity index (χ3n) is 3.79. The minimum atomic E-state index is -3.75. The van der Waals surface area contributed by atoms with Crippen molar-refractivity contribution in [3.63, 3.8) is 0 Å². The molecule has 10 heteroatoms. The Morgan fingerprint density at radius 3 is 2.35 bits per heavy atom. The molecular formula is C13H18Cl2N2O4S2. The number of nitrogens with zero attached hydrogens (tertiary/aromatic N) is 1. The second-order valence-corrected chi connectivity index (χ2v) is 10.1. The first-order chi connectivity index (χ1) is 10.6. The highest BCUT2D eigenvalue weighted by Gasteiger charge is 2.26. The lowest BCUT2D eigenvalue weighted by atomic mass is 9.99. The molecule has 1 fully saturated rings. The maximum absolute atomic E-state index is 12.3. The van der Waals surface area contributed by atoms with Gasteiger partial charge in [0, 0.05) is 24.7 Å². The molecule has 0 radical (unpaired) electrons. The first kappa shape index (κ1) is 19.0. The highest BCUT2D eigenvalue weighted by Crippen LogP contribution is 2.25. The van der Waals surface area contributed by atoms with Crippen LogP contribution in [0.5, 0.6) is 0 Å². The molecular weight excluding hydrogens is 383 g/mol. The van der Waals surface area contributed by atoms with Crippen molar-refractivity contribution in [1.82, 2.24) is 9.03 Å². The smallest absolute Gasteiger partial charge is 0.213 e. The number of rotatable bonds is 5. The molecule has 0 amide bonds. The van der Waals surface area contributed by atoms with Crippen LogP contribution >= 0.6 is 23.2 Å². The molecule has 6 nitrogen and oxygen atoms in total. The van der Waals surface area contributed by atoms with Crippen molar-refractivity contribution >= 4 is 43.2 Å². The molecule has 1 N–H and O–H groups in total. The van der Waals surface area contributed by atoms with E-state index < -0.39 is 20.0 Å². The van der Waals surface area contributed by atoms with Crippen molar-refractivity contribution in [3.8, 4) is 0 Å². The van der Waals surface area contributed by atoms with Crippen molar-refractivity contribution in [2.45, 2.75) is 17.7 Å². The quantitative estimate of drug-likeness (QED) is 0.818. The van der Waals surface area contributed by atoms with Crippen LogP contribution < -0.4 is 4.72 Å². The first-order valence-electron chi connectivity index (χ1n) is 6.99. The van der Waals surface area contributed by atoms with Gasteiger partial charge in [0.2, 0.25) is 20.0 Å². The van der Waals surface area contributed by atoms with Gasteiger partial charge in [0.15, 0.2) is 0 Å². The number of benzene rings is 1. The van der Waals surface area contributed by atoms with Crippen LogP contribution in [0.3, 0.4) is 0 Å². The van der Waals surface area contributed by atoms with E-state index in [1.165, 1.54) is 28.8 Å². The van der Waals surface area contributed by atoms with Crippen molar-refractivity contribution in [3.05, 3.63) is 28.2 Å². The van der Waals surface area contributed by atoms with Gasteiger partial charge in [-0.25, -0.2) is 25.9 Å². The fraction of sp³-hybridized carbons (Fsp3) is 0.538. The van der Waals surface area contributed by atoms with Crippen LogP contribution in [0.25, 0.3) is 0 Å². The summed E-state index contributed by atoms with van der Waals surface area (Å²) in [5, 5.41) is 0.394. The maximum Gasteiger partial charge on any atom is 0.242 e. The van der Waals surface area contributed by atoms with E-state index >= 15 is 0 Å². The van der Waals surface area contributed by atoms with Gasteiger partial charge < -0.3 is 0 Å². The van der Waals surface area contributed by atoms with Gasteiger partial charge in [-0.2, -0.15) is 0 Å². The summed E-state index contributed by atoms with van der Waals surface area (Å²) in [4.78, 5) is -0.0553. The Labute approximate surface area is 146 Å². The third kappa shape index (κ3) is 5.04. The van der Waals surface area contributed by atoms with Gasteiger partial charge in [-0.1, -0.05) is 23.2 Å². The van der Waals surface area contributed by atoms with Crippen LogP contribution in [0.4, 0.5) is 0 Å². The van der Waals surface area contributed by atoms with Crippen LogP contribution in [0.1, 0.15) is 12.8 Å². The Balaban J connectivity index is 1.97. The zero-order valence-corrected chi connectivity index (χ0v) is 15.6. The van der Waals surface area contributed by atoms with Gasteiger partial charge >= 0.3 is 0 Å². The van der Waals surface area contributed by atoms with E-state index in [1.807, 2.05) is 0 Å². The molecule has 0 aromatic heterocycles. The number of hydrogen-bond donors (Lipinski definition) is 1. The molecule has 1 aromatic rings. The lowest BCUT2D eigenvalue weighted by molar-refractivity contribution is 0.275. The predicted octanol–water partition coefficient (Wildman–Crippen LogP) is 1.94. The van der Waals surface area contributed by atoms with Gasteiger partial charge in [0.1, 0.15) is 4.90 Å². The summed E-state index contributed by atoms with van der Waals surface area (Å²) in [6, 6.07) is 4.26. The molecule has 0 aliphatic carbocycles. The van der Waals surface area contributed by atoms with Gasteiger partial charge in [0.05, 0.1) is 11.3 Å². The number of piperidine rings is 1. The van der Waals surface area contributed by atoms with E-state index in [0.29, 0.717) is 25.9 Å². The summed E-state index contributed by atoms with van der Waals surface area (Å²) in [5.41, 5.74) is 0. The van der Waals surface area contributed by atoms with Gasteiger partial charge in [0.25, 0.3) is 0 Å². The van der Waals surface area contributed by atoms with E-state index in [4.69, 9.17) is 23.2 Å². The monoisotopic (exact) mass is 400 g/mol. The maximum atomic E-state index is 12.3. The Morgan fingerprint density at radius 2 is 1.78 bits per heavy atom. The second-order valence-electron chi connectivity index (χ2n) is 5.53. The minimum Gasteiger partial charge on any atom is -0.213 e. The minimum absolute atomic E-state index is 0.0553. The average Bonchev–Trinajstić information content (AvgIpc) is 2.47. The summed E-state index contributed by atoms with van der Waals surface area (Å²) >= 11 is 11.7. The van der Waals surface area contributed by atoms with Gasteiger partial charge in [-0.3, -0.25) is 0 Å². The van der Waals surface area contributed by atoms with Crippen molar-refractivity contribution in [1.29, 1.82) is 0 Å². The molecule has 0 atom stereocenters. The Morgan fingerprint density at radius 1 is 1.17 bits per heavy atom. The lowest BCUT2D eigenvalue weighted by Crippen LogP contribution is -2.41. The Kier molecular flexibility index (Phi) is 5.97. The zero-order valence-electron chi connectivity index (χ0n) is 12.5. The fourth-order valence-corrected chi connectivity index (χ4v) is 5.18. The number of sulfonamides is 2. The van der Waals surface area contributed by atoms with Crippen LogP contribution in [0, 0.1) is 5.92 Å². The third-order valence-corrected chi connectivity index (χ3v) is 7.23. The number of nitrogens with one attached hydrogen (secondary N) is 1. The van der Waals surface area contributed by atoms with Crippen LogP contribution in [-0.2, 0) is 20.0 Å². The summed E-state index contributed by atoms with van der Waals surface area (Å²) in [6.45, 7) is 1.05.